The van der Waals surface area contributed by atoms with Gasteiger partial charge in [0.15, 0.2) is 0 Å². The van der Waals surface area contributed by atoms with Gasteiger partial charge in [0.2, 0.25) is 0 Å². The predicted octanol–water partition coefficient (Wildman–Crippen LogP) is -1.35. The molecule has 0 spiro atoms. The van der Waals surface area contributed by atoms with Crippen LogP contribution in [0.2, 0.25) is 0 Å². The van der Waals surface area contributed by atoms with Crippen molar-refractivity contribution in [1.82, 2.24) is 0 Å². The summed E-state index contributed by atoms with van der Waals surface area (Å²) in [5, 5.41) is 0. The molecule has 0 atom stereocenters. The number of halogens is 1. The molecule has 36 valence electrons. The Morgan fingerprint density at radius 2 is 1.50 bits per heavy atom. The third-order valence-electron chi connectivity index (χ3n) is 0. The molecule has 0 aromatic rings. The third kappa shape index (κ3) is 139. The van der Waals surface area contributed by atoms with Crippen molar-refractivity contribution in [3.8, 4) is 0 Å². The first kappa shape index (κ1) is 15.9. The van der Waals surface area contributed by atoms with Crippen LogP contribution in [0.3, 0.4) is 0 Å². The quantitative estimate of drug-likeness (QED) is 0.410. The number of rotatable bonds is 0. The van der Waals surface area contributed by atoms with E-state index in [1.165, 1.54) is 0 Å². The molecule has 0 rings (SSSR count). The Bertz CT molecular complexity index is 40.3. The number of hydrogen-bond acceptors (Lipinski definition) is 1. The van der Waals surface area contributed by atoms with Gasteiger partial charge in [0.1, 0.15) is 0 Å². The molecular weight excluding hydrogens is 136 g/mol. The van der Waals surface area contributed by atoms with Gasteiger partial charge in [-0.3, -0.25) is 4.46 Å². The predicted molar refractivity (Wildman–Crippen MR) is 26.1 cm³/mol. The Hall–Kier alpha value is 0.673. The van der Waals surface area contributed by atoms with Crippen LogP contribution >= 0.6 is 12.4 Å². The first-order valence-corrected chi connectivity index (χ1v) is 1.95. The van der Waals surface area contributed by atoms with Gasteiger partial charge in [-0.05, 0) is 0 Å². The molecule has 0 fully saturated rings. The summed E-state index contributed by atoms with van der Waals surface area (Å²) in [6, 6.07) is 0. The van der Waals surface area contributed by atoms with Gasteiger partial charge in [-0.15, -0.1) is 12.4 Å². The molecule has 0 heterocycles. The average Bonchev–Trinajstić information content (AvgIpc) is 0.811. The summed E-state index contributed by atoms with van der Waals surface area (Å²) in [5.74, 6) is 0. The zero-order chi connectivity index (χ0) is 3.58. The zero-order valence-electron chi connectivity index (χ0n) is 4.92. The van der Waals surface area contributed by atoms with Crippen molar-refractivity contribution in [2.45, 2.75) is 0 Å². The van der Waals surface area contributed by atoms with Gasteiger partial charge in [0.25, 0.3) is 0 Å². The molecule has 0 amide bonds. The normalized spacial score (nSPS) is 4.00. The fraction of sp³-hybridized carbons (Fsp3) is 0. The Morgan fingerprint density at radius 1 is 1.50 bits per heavy atom. The molecular formula is H5ClMgO3Si. The second-order valence-electron chi connectivity index (χ2n) is 0.283. The van der Waals surface area contributed by atoms with E-state index in [4.69, 9.17) is 14.1 Å². The van der Waals surface area contributed by atoms with E-state index in [0.29, 0.717) is 0 Å². The minimum absolute atomic E-state index is 0. The Labute approximate surface area is 61.8 Å². The van der Waals surface area contributed by atoms with Gasteiger partial charge in [-0.1, -0.05) is 0 Å². The van der Waals surface area contributed by atoms with Gasteiger partial charge in [0, 0.05) is 0 Å². The van der Waals surface area contributed by atoms with Gasteiger partial charge >= 0.3 is 32.2 Å². The van der Waals surface area contributed by atoms with E-state index in [2.05, 4.69) is 0 Å². The molecule has 6 heavy (non-hydrogen) atoms. The average molecular weight is 141 g/mol. The third-order valence-corrected chi connectivity index (χ3v) is 0. The van der Waals surface area contributed by atoms with E-state index >= 15 is 0 Å². The van der Waals surface area contributed by atoms with Crippen LogP contribution < -0.4 is 0 Å². The largest absolute Gasteiger partial charge is 2.00 e. The fourth-order valence-electron chi connectivity index (χ4n) is 0. The van der Waals surface area contributed by atoms with Crippen LogP contribution in [0, 0.1) is 0 Å². The summed E-state index contributed by atoms with van der Waals surface area (Å²) in [5.41, 5.74) is 0. The molecule has 2 N–H and O–H groups in total. The number of hydrogen-bond donors (Lipinski definition) is 2. The van der Waals surface area contributed by atoms with E-state index in [1.54, 1.807) is 0 Å². The molecule has 0 aliphatic heterocycles. The minimum Gasteiger partial charge on any atom is -1.00 e. The fourth-order valence-corrected chi connectivity index (χ4v) is 0. The summed E-state index contributed by atoms with van der Waals surface area (Å²) in [6.45, 7) is 0. The van der Waals surface area contributed by atoms with Crippen LogP contribution in [-0.4, -0.2) is 41.8 Å². The van der Waals surface area contributed by atoms with Gasteiger partial charge in [0.05, 0.1) is 0 Å². The standard InChI is InChI=1S/ClH.Mg.H2O3Si.2H/c;;1-4(2)3;;/h1H;;1-2H;;/q;+2;;2*-1. The second-order valence-corrected chi connectivity index (χ2v) is 0.848. The van der Waals surface area contributed by atoms with E-state index in [-0.39, 0.29) is 38.3 Å². The van der Waals surface area contributed by atoms with Crippen molar-refractivity contribution < 1.29 is 16.9 Å². The van der Waals surface area contributed by atoms with E-state index < -0.39 is 9.17 Å². The van der Waals surface area contributed by atoms with Gasteiger partial charge in [-0.25, -0.2) is 0 Å². The van der Waals surface area contributed by atoms with Crippen molar-refractivity contribution in [3.63, 3.8) is 0 Å². The molecule has 0 bridgehead atoms. The topological polar surface area (TPSA) is 57.5 Å². The summed E-state index contributed by atoms with van der Waals surface area (Å²) < 4.78 is 8.74. The molecule has 0 saturated heterocycles. The van der Waals surface area contributed by atoms with Gasteiger partial charge < -0.3 is 12.4 Å². The van der Waals surface area contributed by atoms with Crippen molar-refractivity contribution in [3.05, 3.63) is 0 Å². The van der Waals surface area contributed by atoms with Crippen molar-refractivity contribution in [2.24, 2.45) is 0 Å². The van der Waals surface area contributed by atoms with Crippen LogP contribution in [0.25, 0.3) is 0 Å². The van der Waals surface area contributed by atoms with E-state index in [0.717, 1.165) is 0 Å². The molecule has 0 aromatic carbocycles. The maximum Gasteiger partial charge on any atom is 2.00 e. The molecule has 0 aliphatic carbocycles. The minimum atomic E-state index is -3.13. The van der Waals surface area contributed by atoms with Crippen molar-refractivity contribution in [2.75, 3.05) is 0 Å². The SMILES string of the molecule is Cl.O=[Si](O)O.[H-].[H-].[Mg+2]. The summed E-state index contributed by atoms with van der Waals surface area (Å²) in [7, 11) is -3.13. The zero-order valence-corrected chi connectivity index (χ0v) is 6.15. The summed E-state index contributed by atoms with van der Waals surface area (Å²) in [6.07, 6.45) is 0. The molecule has 0 aliphatic rings. The first-order valence-electron chi connectivity index (χ1n) is 0.651. The summed E-state index contributed by atoms with van der Waals surface area (Å²) >= 11 is 0. The van der Waals surface area contributed by atoms with Crippen molar-refractivity contribution in [1.29, 1.82) is 0 Å². The van der Waals surface area contributed by atoms with Gasteiger partial charge in [-0.2, -0.15) is 0 Å². The van der Waals surface area contributed by atoms with Crippen LogP contribution in [0.15, 0.2) is 0 Å². The Kier molecular flexibility index (Phi) is 24.4. The van der Waals surface area contributed by atoms with Crippen LogP contribution in [0.1, 0.15) is 2.85 Å². The molecule has 0 unspecified atom stereocenters. The van der Waals surface area contributed by atoms with E-state index in [9.17, 15) is 0 Å². The molecule has 0 saturated carbocycles. The second kappa shape index (κ2) is 9.18. The maximum atomic E-state index is 8.74. The Balaban J connectivity index is -0.00000000750. The monoisotopic (exact) mass is 140 g/mol. The smallest absolute Gasteiger partial charge is 1.00 e. The van der Waals surface area contributed by atoms with Crippen LogP contribution in [-0.2, 0) is 4.46 Å². The van der Waals surface area contributed by atoms with Crippen LogP contribution in [0.4, 0.5) is 0 Å². The van der Waals surface area contributed by atoms with Crippen LogP contribution in [0.5, 0.6) is 0 Å². The molecule has 6 heteroatoms. The van der Waals surface area contributed by atoms with Crippen molar-refractivity contribution >= 4 is 44.6 Å². The molecule has 0 radical (unpaired) electrons. The molecule has 0 aromatic heterocycles. The van der Waals surface area contributed by atoms with E-state index in [1.807, 2.05) is 0 Å². The summed E-state index contributed by atoms with van der Waals surface area (Å²) in [4.78, 5) is 14.3. The maximum absolute atomic E-state index is 8.74. The first-order chi connectivity index (χ1) is 1.73. The molecule has 3 nitrogen and oxygen atoms in total. The Morgan fingerprint density at radius 3 is 1.50 bits per heavy atom.